The average Bonchev–Trinajstić information content (AvgIpc) is 2.75. The van der Waals surface area contributed by atoms with Crippen molar-refractivity contribution in [2.75, 3.05) is 23.7 Å². The predicted molar refractivity (Wildman–Crippen MR) is 113 cm³/mol. The lowest BCUT2D eigenvalue weighted by Crippen LogP contribution is -2.43. The molecule has 31 heavy (non-hydrogen) atoms. The van der Waals surface area contributed by atoms with E-state index in [9.17, 15) is 13.6 Å². The zero-order chi connectivity index (χ0) is 22.0. The van der Waals surface area contributed by atoms with Gasteiger partial charge in [0.15, 0.2) is 17.4 Å². The number of nitrogen functional groups attached to an aromatic ring is 1. The second-order valence-electron chi connectivity index (χ2n) is 7.54. The first-order chi connectivity index (χ1) is 14.9. The number of halogens is 2. The molecule has 1 saturated heterocycles. The van der Waals surface area contributed by atoms with Crippen molar-refractivity contribution in [3.8, 4) is 11.4 Å². The zero-order valence-corrected chi connectivity index (χ0v) is 16.8. The highest BCUT2D eigenvalue weighted by molar-refractivity contribution is 6.01. The van der Waals surface area contributed by atoms with Gasteiger partial charge in [0, 0.05) is 61.5 Å². The number of hydrogen-bond donors (Lipinski definition) is 2. The lowest BCUT2D eigenvalue weighted by atomic mass is 10.0. The van der Waals surface area contributed by atoms with E-state index in [0.717, 1.165) is 37.2 Å². The molecule has 9 heteroatoms. The summed E-state index contributed by atoms with van der Waals surface area (Å²) in [5.41, 5.74) is 12.7. The molecule has 1 aliphatic rings. The van der Waals surface area contributed by atoms with Crippen molar-refractivity contribution in [1.29, 1.82) is 0 Å². The number of aromatic nitrogens is 3. The molecule has 1 fully saturated rings. The minimum atomic E-state index is -0.851. The highest BCUT2D eigenvalue weighted by Gasteiger charge is 2.23. The summed E-state index contributed by atoms with van der Waals surface area (Å²) in [6.07, 6.45) is 6.48. The van der Waals surface area contributed by atoms with Crippen molar-refractivity contribution < 1.29 is 13.6 Å². The van der Waals surface area contributed by atoms with E-state index in [0.29, 0.717) is 12.1 Å². The molecule has 0 aromatic carbocycles. The summed E-state index contributed by atoms with van der Waals surface area (Å²) in [6, 6.07) is 5.41. The second-order valence-corrected chi connectivity index (χ2v) is 7.54. The molecular formula is C22H22F2N6O. The first-order valence-corrected chi connectivity index (χ1v) is 9.97. The maximum atomic E-state index is 14.4. The lowest BCUT2D eigenvalue weighted by molar-refractivity contribution is 0.0989. The van der Waals surface area contributed by atoms with Gasteiger partial charge in [-0.3, -0.25) is 14.8 Å². The fourth-order valence-corrected chi connectivity index (χ4v) is 3.80. The van der Waals surface area contributed by atoms with Crippen LogP contribution in [-0.2, 0) is 6.42 Å². The molecule has 3 aromatic heterocycles. The Hall–Kier alpha value is -3.46. The third kappa shape index (κ3) is 4.36. The van der Waals surface area contributed by atoms with E-state index >= 15 is 0 Å². The second kappa shape index (κ2) is 8.73. The van der Waals surface area contributed by atoms with E-state index in [2.05, 4.69) is 19.9 Å². The van der Waals surface area contributed by atoms with Crippen molar-refractivity contribution in [3.63, 3.8) is 0 Å². The molecular weight excluding hydrogens is 402 g/mol. The van der Waals surface area contributed by atoms with Crippen LogP contribution in [0.5, 0.6) is 0 Å². The molecule has 0 amide bonds. The molecule has 7 nitrogen and oxygen atoms in total. The average molecular weight is 424 g/mol. The molecule has 0 radical (unpaired) electrons. The van der Waals surface area contributed by atoms with Crippen LogP contribution in [0.15, 0.2) is 42.9 Å². The van der Waals surface area contributed by atoms with E-state index in [1.807, 2.05) is 6.07 Å². The van der Waals surface area contributed by atoms with E-state index in [1.165, 1.54) is 12.3 Å². The highest BCUT2D eigenvalue weighted by Crippen LogP contribution is 2.27. The number of anilines is 2. The lowest BCUT2D eigenvalue weighted by Gasteiger charge is -2.33. The summed E-state index contributed by atoms with van der Waals surface area (Å²) < 4.78 is 28.6. The van der Waals surface area contributed by atoms with Gasteiger partial charge in [-0.25, -0.2) is 13.8 Å². The van der Waals surface area contributed by atoms with Crippen LogP contribution in [0.4, 0.5) is 20.2 Å². The van der Waals surface area contributed by atoms with E-state index < -0.39 is 17.4 Å². The largest absolute Gasteiger partial charge is 0.397 e. The number of rotatable bonds is 5. The first-order valence-electron chi connectivity index (χ1n) is 9.97. The van der Waals surface area contributed by atoms with Crippen LogP contribution in [0.1, 0.15) is 28.9 Å². The van der Waals surface area contributed by atoms with Crippen LogP contribution in [0, 0.1) is 11.6 Å². The Morgan fingerprint density at radius 3 is 2.81 bits per heavy atom. The van der Waals surface area contributed by atoms with E-state index in [-0.39, 0.29) is 35.2 Å². The molecule has 3 aromatic rings. The number of nitrogens with zero attached hydrogens (tertiary/aromatic N) is 4. The summed E-state index contributed by atoms with van der Waals surface area (Å²) >= 11 is 0. The van der Waals surface area contributed by atoms with Gasteiger partial charge in [0.25, 0.3) is 0 Å². The summed E-state index contributed by atoms with van der Waals surface area (Å²) in [6.45, 7) is 1.52. The van der Waals surface area contributed by atoms with Crippen molar-refractivity contribution in [2.24, 2.45) is 5.73 Å². The molecule has 1 atom stereocenters. The molecule has 4 N–H and O–H groups in total. The third-order valence-corrected chi connectivity index (χ3v) is 5.28. The Morgan fingerprint density at radius 2 is 2.03 bits per heavy atom. The summed E-state index contributed by atoms with van der Waals surface area (Å²) in [5.74, 6) is -2.02. The molecule has 0 bridgehead atoms. The summed E-state index contributed by atoms with van der Waals surface area (Å²) in [4.78, 5) is 27.2. The Balaban J connectivity index is 1.66. The minimum absolute atomic E-state index is 0.0398. The number of pyridine rings is 3. The number of hydrogen-bond acceptors (Lipinski definition) is 7. The topological polar surface area (TPSA) is 111 Å². The minimum Gasteiger partial charge on any atom is -0.397 e. The molecule has 1 aliphatic heterocycles. The van der Waals surface area contributed by atoms with Crippen LogP contribution in [0.25, 0.3) is 11.4 Å². The van der Waals surface area contributed by atoms with E-state index in [4.69, 9.17) is 11.5 Å². The quantitative estimate of drug-likeness (QED) is 0.606. The van der Waals surface area contributed by atoms with Gasteiger partial charge in [0.2, 0.25) is 0 Å². The monoisotopic (exact) mass is 424 g/mol. The van der Waals surface area contributed by atoms with Crippen molar-refractivity contribution >= 4 is 17.2 Å². The number of nitrogens with two attached hydrogens (primary N) is 2. The molecule has 4 rings (SSSR count). The van der Waals surface area contributed by atoms with Crippen LogP contribution in [0.3, 0.4) is 0 Å². The number of carbonyl (C=O) groups is 1. The molecule has 0 saturated carbocycles. The number of piperidine rings is 1. The first kappa shape index (κ1) is 20.8. The van der Waals surface area contributed by atoms with Crippen molar-refractivity contribution in [1.82, 2.24) is 15.0 Å². The Labute approximate surface area is 178 Å². The molecule has 4 heterocycles. The van der Waals surface area contributed by atoms with Crippen LogP contribution >= 0.6 is 0 Å². The molecule has 0 unspecified atom stereocenters. The predicted octanol–water partition coefficient (Wildman–Crippen LogP) is 2.75. The molecule has 0 spiro atoms. The number of ketones is 1. The van der Waals surface area contributed by atoms with Gasteiger partial charge in [-0.2, -0.15) is 0 Å². The van der Waals surface area contributed by atoms with Gasteiger partial charge in [-0.05, 0) is 31.0 Å². The Morgan fingerprint density at radius 1 is 1.19 bits per heavy atom. The van der Waals surface area contributed by atoms with Gasteiger partial charge in [-0.1, -0.05) is 0 Å². The smallest absolute Gasteiger partial charge is 0.187 e. The number of carbonyl (C=O) groups excluding carboxylic acids is 1. The highest BCUT2D eigenvalue weighted by atomic mass is 19.1. The summed E-state index contributed by atoms with van der Waals surface area (Å²) in [7, 11) is 0. The van der Waals surface area contributed by atoms with Gasteiger partial charge in [-0.15, -0.1) is 0 Å². The Kier molecular flexibility index (Phi) is 5.85. The normalized spacial score (nSPS) is 16.4. The van der Waals surface area contributed by atoms with Gasteiger partial charge in [0.1, 0.15) is 17.1 Å². The standard InChI is InChI=1S/C22H22F2N6O/c23-15-4-1-6-28-20(15)21-16(24)10-17(26)22(29-21)19(31)9-13-11-27-7-5-18(13)30-8-2-3-14(25)12-30/h1,4-7,10-11,14H,2-3,8-9,12,25-26H2/t14-/m0/s1. The zero-order valence-electron chi connectivity index (χ0n) is 16.8. The molecule has 0 aliphatic carbocycles. The van der Waals surface area contributed by atoms with Gasteiger partial charge in [0.05, 0.1) is 5.69 Å². The maximum absolute atomic E-state index is 14.4. The SMILES string of the molecule is Nc1cc(F)c(-c2ncccc2F)nc1C(=O)Cc1cnccc1N1CCC[C@H](N)C1. The maximum Gasteiger partial charge on any atom is 0.187 e. The van der Waals surface area contributed by atoms with Gasteiger partial charge < -0.3 is 16.4 Å². The Bertz CT molecular complexity index is 1120. The van der Waals surface area contributed by atoms with Crippen LogP contribution < -0.4 is 16.4 Å². The molecule has 160 valence electrons. The van der Waals surface area contributed by atoms with E-state index in [1.54, 1.807) is 12.4 Å². The van der Waals surface area contributed by atoms with Crippen molar-refractivity contribution in [2.45, 2.75) is 25.3 Å². The fraction of sp³-hybridized carbons (Fsp3) is 0.273. The third-order valence-electron chi connectivity index (χ3n) is 5.28. The van der Waals surface area contributed by atoms with Crippen LogP contribution in [-0.4, -0.2) is 39.9 Å². The van der Waals surface area contributed by atoms with Gasteiger partial charge >= 0.3 is 0 Å². The number of Topliss-reactive ketones (excluding diaryl/α,β-unsaturated/α-hetero) is 1. The van der Waals surface area contributed by atoms with Crippen LogP contribution in [0.2, 0.25) is 0 Å². The van der Waals surface area contributed by atoms with Crippen molar-refractivity contribution in [3.05, 3.63) is 65.7 Å². The summed E-state index contributed by atoms with van der Waals surface area (Å²) in [5, 5.41) is 0. The fourth-order valence-electron chi connectivity index (χ4n) is 3.80.